The number of hydrogen-bond acceptors (Lipinski definition) is 2. The summed E-state index contributed by atoms with van der Waals surface area (Å²) >= 11 is 0. The SMILES string of the molecule is O=C(CNC(=O)C(c1ccccc1)c1ccccc1)NCc1ccc(F)cc1. The van der Waals surface area contributed by atoms with Crippen molar-refractivity contribution in [3.05, 3.63) is 107 Å². The maximum absolute atomic E-state index is 12.9. The Balaban J connectivity index is 1.60. The molecule has 0 atom stereocenters. The third-order valence-electron chi connectivity index (χ3n) is 4.35. The average molecular weight is 376 g/mol. The lowest BCUT2D eigenvalue weighted by Gasteiger charge is -2.18. The molecule has 28 heavy (non-hydrogen) atoms. The first-order chi connectivity index (χ1) is 13.6. The van der Waals surface area contributed by atoms with Gasteiger partial charge in [0.2, 0.25) is 11.8 Å². The highest BCUT2D eigenvalue weighted by Crippen LogP contribution is 2.24. The minimum absolute atomic E-state index is 0.129. The zero-order valence-corrected chi connectivity index (χ0v) is 15.3. The number of nitrogens with one attached hydrogen (secondary N) is 2. The van der Waals surface area contributed by atoms with Gasteiger partial charge in [0.1, 0.15) is 5.82 Å². The van der Waals surface area contributed by atoms with E-state index in [1.165, 1.54) is 12.1 Å². The minimum Gasteiger partial charge on any atom is -0.350 e. The average Bonchev–Trinajstić information content (AvgIpc) is 2.73. The second kappa shape index (κ2) is 9.46. The molecule has 0 heterocycles. The Morgan fingerprint density at radius 3 is 1.82 bits per heavy atom. The molecule has 0 aliphatic carbocycles. The van der Waals surface area contributed by atoms with Crippen LogP contribution in [0.25, 0.3) is 0 Å². The first-order valence-corrected chi connectivity index (χ1v) is 9.02. The number of hydrogen-bond donors (Lipinski definition) is 2. The highest BCUT2D eigenvalue weighted by atomic mass is 19.1. The Morgan fingerprint density at radius 2 is 1.29 bits per heavy atom. The van der Waals surface area contributed by atoms with Crippen molar-refractivity contribution in [3.63, 3.8) is 0 Å². The Morgan fingerprint density at radius 1 is 0.750 bits per heavy atom. The van der Waals surface area contributed by atoms with E-state index in [9.17, 15) is 14.0 Å². The van der Waals surface area contributed by atoms with Crippen LogP contribution in [0, 0.1) is 5.82 Å². The van der Waals surface area contributed by atoms with E-state index in [2.05, 4.69) is 10.6 Å². The number of carbonyl (C=O) groups is 2. The quantitative estimate of drug-likeness (QED) is 0.664. The second-order valence-corrected chi connectivity index (χ2v) is 6.38. The molecule has 0 aliphatic heterocycles. The highest BCUT2D eigenvalue weighted by Gasteiger charge is 2.22. The van der Waals surface area contributed by atoms with Gasteiger partial charge in [0.05, 0.1) is 12.5 Å². The summed E-state index contributed by atoms with van der Waals surface area (Å²) in [6.45, 7) is 0.145. The Kier molecular flexibility index (Phi) is 6.52. The number of halogens is 1. The summed E-state index contributed by atoms with van der Waals surface area (Å²) in [5.41, 5.74) is 2.50. The van der Waals surface area contributed by atoms with E-state index in [0.717, 1.165) is 16.7 Å². The van der Waals surface area contributed by atoms with Crippen molar-refractivity contribution >= 4 is 11.8 Å². The predicted octanol–water partition coefficient (Wildman–Crippen LogP) is 3.39. The summed E-state index contributed by atoms with van der Waals surface area (Å²) in [6, 6.07) is 24.8. The van der Waals surface area contributed by atoms with Crippen LogP contribution in [0.4, 0.5) is 4.39 Å². The van der Waals surface area contributed by atoms with Crippen molar-refractivity contribution < 1.29 is 14.0 Å². The molecule has 3 aromatic rings. The van der Waals surface area contributed by atoms with E-state index >= 15 is 0 Å². The van der Waals surface area contributed by atoms with Crippen LogP contribution in [-0.2, 0) is 16.1 Å². The Hall–Kier alpha value is -3.47. The summed E-state index contributed by atoms with van der Waals surface area (Å²) in [4.78, 5) is 24.9. The van der Waals surface area contributed by atoms with Crippen LogP contribution < -0.4 is 10.6 Å². The van der Waals surface area contributed by atoms with Crippen molar-refractivity contribution in [2.45, 2.75) is 12.5 Å². The van der Waals surface area contributed by atoms with E-state index in [0.29, 0.717) is 0 Å². The largest absolute Gasteiger partial charge is 0.350 e. The van der Waals surface area contributed by atoms with Crippen molar-refractivity contribution in [2.24, 2.45) is 0 Å². The van der Waals surface area contributed by atoms with Crippen molar-refractivity contribution in [2.75, 3.05) is 6.54 Å². The van der Waals surface area contributed by atoms with Crippen molar-refractivity contribution in [3.8, 4) is 0 Å². The molecule has 0 saturated heterocycles. The topological polar surface area (TPSA) is 58.2 Å². The summed E-state index contributed by atoms with van der Waals surface area (Å²) in [5.74, 6) is -1.37. The lowest BCUT2D eigenvalue weighted by Crippen LogP contribution is -2.39. The number of amides is 2. The van der Waals surface area contributed by atoms with Crippen LogP contribution in [0.3, 0.4) is 0 Å². The Labute approximate surface area is 163 Å². The molecule has 0 saturated carbocycles. The van der Waals surface area contributed by atoms with Crippen molar-refractivity contribution in [1.29, 1.82) is 0 Å². The molecule has 0 aromatic heterocycles. The van der Waals surface area contributed by atoms with Gasteiger partial charge in [-0.05, 0) is 28.8 Å². The molecule has 142 valence electrons. The van der Waals surface area contributed by atoms with Gasteiger partial charge in [-0.25, -0.2) is 4.39 Å². The number of rotatable bonds is 7. The van der Waals surface area contributed by atoms with E-state index in [1.54, 1.807) is 12.1 Å². The lowest BCUT2D eigenvalue weighted by molar-refractivity contribution is -0.126. The van der Waals surface area contributed by atoms with Crippen LogP contribution >= 0.6 is 0 Å². The third-order valence-corrected chi connectivity index (χ3v) is 4.35. The monoisotopic (exact) mass is 376 g/mol. The van der Waals surface area contributed by atoms with E-state index in [4.69, 9.17) is 0 Å². The molecule has 2 amide bonds. The van der Waals surface area contributed by atoms with Gasteiger partial charge in [0.15, 0.2) is 0 Å². The van der Waals surface area contributed by atoms with Crippen molar-refractivity contribution in [1.82, 2.24) is 10.6 Å². The fourth-order valence-electron chi connectivity index (χ4n) is 2.92. The maximum Gasteiger partial charge on any atom is 0.239 e. The molecular formula is C23H21FN2O2. The van der Waals surface area contributed by atoms with Crippen LogP contribution in [0.2, 0.25) is 0 Å². The summed E-state index contributed by atoms with van der Waals surface area (Å²) < 4.78 is 12.9. The molecule has 4 nitrogen and oxygen atoms in total. The van der Waals surface area contributed by atoms with Gasteiger partial charge in [-0.3, -0.25) is 9.59 Å². The molecule has 0 fully saturated rings. The van der Waals surface area contributed by atoms with Gasteiger partial charge in [0, 0.05) is 6.54 Å². The van der Waals surface area contributed by atoms with Gasteiger partial charge in [-0.15, -0.1) is 0 Å². The first kappa shape index (κ1) is 19.3. The first-order valence-electron chi connectivity index (χ1n) is 9.02. The Bertz CT molecular complexity index is 873. The maximum atomic E-state index is 12.9. The second-order valence-electron chi connectivity index (χ2n) is 6.38. The third kappa shape index (κ3) is 5.27. The fraction of sp³-hybridized carbons (Fsp3) is 0.130. The minimum atomic E-state index is -0.493. The molecule has 0 bridgehead atoms. The number of benzene rings is 3. The normalized spacial score (nSPS) is 10.5. The zero-order chi connectivity index (χ0) is 19.8. The van der Waals surface area contributed by atoms with E-state index < -0.39 is 5.92 Å². The zero-order valence-electron chi connectivity index (χ0n) is 15.3. The van der Waals surface area contributed by atoms with Crippen LogP contribution in [-0.4, -0.2) is 18.4 Å². The lowest BCUT2D eigenvalue weighted by atomic mass is 9.90. The summed E-state index contributed by atoms with van der Waals surface area (Å²) in [5, 5.41) is 5.43. The van der Waals surface area contributed by atoms with Gasteiger partial charge in [0.25, 0.3) is 0 Å². The van der Waals surface area contributed by atoms with Gasteiger partial charge in [-0.2, -0.15) is 0 Å². The van der Waals surface area contributed by atoms with Crippen LogP contribution in [0.15, 0.2) is 84.9 Å². The summed E-state index contributed by atoms with van der Waals surface area (Å²) in [6.07, 6.45) is 0. The molecule has 5 heteroatoms. The van der Waals surface area contributed by atoms with Crippen LogP contribution in [0.5, 0.6) is 0 Å². The molecule has 3 rings (SSSR count). The molecule has 0 aliphatic rings. The smallest absolute Gasteiger partial charge is 0.239 e. The molecule has 2 N–H and O–H groups in total. The summed E-state index contributed by atoms with van der Waals surface area (Å²) in [7, 11) is 0. The van der Waals surface area contributed by atoms with Gasteiger partial charge >= 0.3 is 0 Å². The number of carbonyl (C=O) groups excluding carboxylic acids is 2. The molecule has 0 radical (unpaired) electrons. The molecular weight excluding hydrogens is 355 g/mol. The molecule has 0 spiro atoms. The van der Waals surface area contributed by atoms with Crippen LogP contribution in [0.1, 0.15) is 22.6 Å². The van der Waals surface area contributed by atoms with E-state index in [1.807, 2.05) is 60.7 Å². The fourth-order valence-corrected chi connectivity index (χ4v) is 2.92. The van der Waals surface area contributed by atoms with Gasteiger partial charge < -0.3 is 10.6 Å². The molecule has 0 unspecified atom stereocenters. The van der Waals surface area contributed by atoms with E-state index in [-0.39, 0.29) is 30.7 Å². The molecule has 3 aromatic carbocycles. The van der Waals surface area contributed by atoms with Gasteiger partial charge in [-0.1, -0.05) is 72.8 Å². The predicted molar refractivity (Wildman–Crippen MR) is 106 cm³/mol. The standard InChI is InChI=1S/C23H21FN2O2/c24-20-13-11-17(12-14-20)15-25-21(27)16-26-23(28)22(18-7-3-1-4-8-18)19-9-5-2-6-10-19/h1-14,22H,15-16H2,(H,25,27)(H,26,28). The highest BCUT2D eigenvalue weighted by molar-refractivity contribution is 5.90.